The Bertz CT molecular complexity index is 1440. The maximum atomic E-state index is 13.0. The second kappa shape index (κ2) is 12.2. The van der Waals surface area contributed by atoms with Gasteiger partial charge in [0.05, 0.1) is 24.3 Å². The number of sulfonamides is 1. The summed E-state index contributed by atoms with van der Waals surface area (Å²) in [7, 11) is -2.44. The monoisotopic (exact) mass is 565 g/mol. The molecule has 1 aliphatic rings. The predicted molar refractivity (Wildman–Crippen MR) is 150 cm³/mol. The number of rotatable bonds is 10. The molecular weight excluding hydrogens is 530 g/mol. The SMILES string of the molecule is COC(=O)C1CN(S(=O)(=O)c2cccc(COc3cccc([C@@H](CC(=O)OC(C)(C)C)c4ccccc4)c3)c2)C1. The van der Waals surface area contributed by atoms with Crippen molar-refractivity contribution in [2.24, 2.45) is 5.92 Å². The van der Waals surface area contributed by atoms with Crippen LogP contribution in [0.3, 0.4) is 0 Å². The Labute approximate surface area is 235 Å². The number of benzene rings is 3. The molecule has 0 radical (unpaired) electrons. The summed E-state index contributed by atoms with van der Waals surface area (Å²) < 4.78 is 43.7. The van der Waals surface area contributed by atoms with Gasteiger partial charge in [-0.3, -0.25) is 9.59 Å². The molecule has 1 aliphatic heterocycles. The fourth-order valence-electron chi connectivity index (χ4n) is 4.55. The Hall–Kier alpha value is -3.69. The molecule has 9 heteroatoms. The first-order chi connectivity index (χ1) is 19.0. The predicted octanol–water partition coefficient (Wildman–Crippen LogP) is 4.92. The highest BCUT2D eigenvalue weighted by molar-refractivity contribution is 7.89. The Morgan fingerprint density at radius 2 is 1.60 bits per heavy atom. The molecular formula is C31H35NO7S. The van der Waals surface area contributed by atoms with Gasteiger partial charge in [0, 0.05) is 19.0 Å². The summed E-state index contributed by atoms with van der Waals surface area (Å²) >= 11 is 0. The highest BCUT2D eigenvalue weighted by Gasteiger charge is 2.41. The molecule has 1 saturated heterocycles. The average Bonchev–Trinajstić information content (AvgIpc) is 2.89. The Balaban J connectivity index is 1.47. The molecule has 0 aliphatic carbocycles. The zero-order chi connectivity index (χ0) is 28.9. The van der Waals surface area contributed by atoms with Crippen molar-refractivity contribution in [1.82, 2.24) is 4.31 Å². The first kappa shape index (κ1) is 29.3. The Kier molecular flexibility index (Phi) is 8.95. The van der Waals surface area contributed by atoms with E-state index in [1.165, 1.54) is 17.5 Å². The highest BCUT2D eigenvalue weighted by Crippen LogP contribution is 2.32. The van der Waals surface area contributed by atoms with Crippen LogP contribution in [-0.4, -0.2) is 50.5 Å². The molecule has 3 aromatic rings. The summed E-state index contributed by atoms with van der Waals surface area (Å²) in [6, 6.07) is 23.9. The molecule has 212 valence electrons. The zero-order valence-corrected chi connectivity index (χ0v) is 24.0. The van der Waals surface area contributed by atoms with Crippen molar-refractivity contribution < 1.29 is 32.2 Å². The number of methoxy groups -OCH3 is 1. The van der Waals surface area contributed by atoms with Gasteiger partial charge in [0.1, 0.15) is 18.0 Å². The third-order valence-electron chi connectivity index (χ3n) is 6.58. The molecule has 1 fully saturated rings. The lowest BCUT2D eigenvalue weighted by Gasteiger charge is -2.36. The van der Waals surface area contributed by atoms with Gasteiger partial charge in [0.25, 0.3) is 0 Å². The van der Waals surface area contributed by atoms with E-state index in [0.29, 0.717) is 11.3 Å². The number of hydrogen-bond donors (Lipinski definition) is 0. The van der Waals surface area contributed by atoms with E-state index in [9.17, 15) is 18.0 Å². The fourth-order valence-corrected chi connectivity index (χ4v) is 6.15. The van der Waals surface area contributed by atoms with Gasteiger partial charge in [-0.1, -0.05) is 54.6 Å². The van der Waals surface area contributed by atoms with Crippen molar-refractivity contribution in [2.75, 3.05) is 20.2 Å². The molecule has 0 bridgehead atoms. The van der Waals surface area contributed by atoms with Crippen molar-refractivity contribution >= 4 is 22.0 Å². The van der Waals surface area contributed by atoms with Crippen molar-refractivity contribution in [3.63, 3.8) is 0 Å². The van der Waals surface area contributed by atoms with E-state index in [4.69, 9.17) is 14.2 Å². The zero-order valence-electron chi connectivity index (χ0n) is 23.2. The number of carbonyl (C=O) groups is 2. The lowest BCUT2D eigenvalue weighted by molar-refractivity contribution is -0.155. The van der Waals surface area contributed by atoms with Crippen molar-refractivity contribution in [2.45, 2.75) is 50.2 Å². The van der Waals surface area contributed by atoms with E-state index in [1.54, 1.807) is 18.2 Å². The molecule has 0 spiro atoms. The maximum Gasteiger partial charge on any atom is 0.311 e. The second-order valence-electron chi connectivity index (χ2n) is 10.8. The van der Waals surface area contributed by atoms with Gasteiger partial charge in [0.2, 0.25) is 10.0 Å². The Morgan fingerprint density at radius 3 is 2.27 bits per heavy atom. The van der Waals surface area contributed by atoms with E-state index < -0.39 is 27.5 Å². The number of ether oxygens (including phenoxy) is 3. The molecule has 4 rings (SSSR count). The largest absolute Gasteiger partial charge is 0.489 e. The van der Waals surface area contributed by atoms with Gasteiger partial charge >= 0.3 is 11.9 Å². The standard InChI is InChI=1S/C31H35NO7S/c1-31(2,3)39-29(33)18-28(23-11-6-5-7-12-23)24-13-9-14-26(17-24)38-21-22-10-8-15-27(16-22)40(35,36)32-19-25(20-32)30(34)37-4/h5-17,25,28H,18-21H2,1-4H3/t28-/m0/s1. The lowest BCUT2D eigenvalue weighted by Crippen LogP contribution is -2.53. The van der Waals surface area contributed by atoms with Crippen molar-refractivity contribution in [3.8, 4) is 5.75 Å². The van der Waals surface area contributed by atoms with Crippen LogP contribution in [0.1, 0.15) is 49.8 Å². The van der Waals surface area contributed by atoms with E-state index in [0.717, 1.165) is 11.1 Å². The molecule has 40 heavy (non-hydrogen) atoms. The third-order valence-corrected chi connectivity index (χ3v) is 8.41. The summed E-state index contributed by atoms with van der Waals surface area (Å²) in [5.74, 6) is -0.756. The van der Waals surface area contributed by atoms with Gasteiger partial charge in [-0.15, -0.1) is 0 Å². The lowest BCUT2D eigenvalue weighted by atomic mass is 9.88. The van der Waals surface area contributed by atoms with Crippen molar-refractivity contribution in [3.05, 3.63) is 95.6 Å². The molecule has 0 unspecified atom stereocenters. The molecule has 8 nitrogen and oxygen atoms in total. The summed E-state index contributed by atoms with van der Waals surface area (Å²) in [4.78, 5) is 24.5. The van der Waals surface area contributed by atoms with Gasteiger partial charge in [-0.25, -0.2) is 8.42 Å². The van der Waals surface area contributed by atoms with Crippen LogP contribution in [0.5, 0.6) is 5.75 Å². The third kappa shape index (κ3) is 7.28. The minimum atomic E-state index is -3.73. The van der Waals surface area contributed by atoms with Crippen LogP contribution in [0.25, 0.3) is 0 Å². The fraction of sp³-hybridized carbons (Fsp3) is 0.355. The average molecular weight is 566 g/mol. The van der Waals surface area contributed by atoms with E-state index in [2.05, 4.69) is 0 Å². The summed E-state index contributed by atoms with van der Waals surface area (Å²) in [5.41, 5.74) is 2.00. The Morgan fingerprint density at radius 1 is 0.925 bits per heavy atom. The van der Waals surface area contributed by atoms with E-state index in [-0.39, 0.29) is 42.9 Å². The quantitative estimate of drug-likeness (QED) is 0.322. The van der Waals surface area contributed by atoms with Crippen LogP contribution < -0.4 is 4.74 Å². The van der Waals surface area contributed by atoms with Crippen molar-refractivity contribution in [1.29, 1.82) is 0 Å². The molecule has 1 heterocycles. The highest BCUT2D eigenvalue weighted by atomic mass is 32.2. The number of hydrogen-bond acceptors (Lipinski definition) is 7. The molecule has 1 atom stereocenters. The number of nitrogens with zero attached hydrogens (tertiary/aromatic N) is 1. The first-order valence-electron chi connectivity index (χ1n) is 13.1. The summed E-state index contributed by atoms with van der Waals surface area (Å²) in [5, 5.41) is 0. The molecule has 0 aromatic heterocycles. The van der Waals surface area contributed by atoms with Crippen LogP contribution in [0, 0.1) is 5.92 Å². The molecule has 0 N–H and O–H groups in total. The van der Waals surface area contributed by atoms with Crippen LogP contribution >= 0.6 is 0 Å². The van der Waals surface area contributed by atoms with Gasteiger partial charge in [-0.2, -0.15) is 4.31 Å². The summed E-state index contributed by atoms with van der Waals surface area (Å²) in [6.45, 7) is 5.90. The minimum Gasteiger partial charge on any atom is -0.489 e. The van der Waals surface area contributed by atoms with Gasteiger partial charge < -0.3 is 14.2 Å². The normalized spacial score (nSPS) is 15.1. The number of carbonyl (C=O) groups excluding carboxylic acids is 2. The van der Waals surface area contributed by atoms with Crippen LogP contribution in [0.15, 0.2) is 83.8 Å². The maximum absolute atomic E-state index is 13.0. The second-order valence-corrected chi connectivity index (χ2v) is 12.7. The molecule has 0 saturated carbocycles. The minimum absolute atomic E-state index is 0.106. The van der Waals surface area contributed by atoms with Crippen LogP contribution in [0.4, 0.5) is 0 Å². The summed E-state index contributed by atoms with van der Waals surface area (Å²) in [6.07, 6.45) is 0.179. The first-order valence-corrected chi connectivity index (χ1v) is 14.6. The van der Waals surface area contributed by atoms with Crippen LogP contribution in [0.2, 0.25) is 0 Å². The topological polar surface area (TPSA) is 99.2 Å². The molecule has 0 amide bonds. The van der Waals surface area contributed by atoms with Gasteiger partial charge in [-0.05, 0) is 61.7 Å². The molecule has 3 aromatic carbocycles. The number of esters is 2. The van der Waals surface area contributed by atoms with E-state index >= 15 is 0 Å². The smallest absolute Gasteiger partial charge is 0.311 e. The van der Waals surface area contributed by atoms with Crippen LogP contribution in [-0.2, 0) is 35.7 Å². The van der Waals surface area contributed by atoms with E-state index in [1.807, 2.05) is 75.4 Å². The van der Waals surface area contributed by atoms with Gasteiger partial charge in [0.15, 0.2) is 0 Å².